The predicted molar refractivity (Wildman–Crippen MR) is 119 cm³/mol. The lowest BCUT2D eigenvalue weighted by Crippen LogP contribution is -2.11. The molecule has 28 heavy (non-hydrogen) atoms. The van der Waals surface area contributed by atoms with Crippen molar-refractivity contribution < 1.29 is 4.79 Å². The fourth-order valence-electron chi connectivity index (χ4n) is 3.83. The van der Waals surface area contributed by atoms with Gasteiger partial charge in [-0.15, -0.1) is 22.7 Å². The number of nitrogens with zero attached hydrogens (tertiary/aromatic N) is 1. The van der Waals surface area contributed by atoms with Gasteiger partial charge in [-0.25, -0.2) is 4.98 Å². The molecular weight excluding hydrogens is 386 g/mol. The second-order valence-corrected chi connectivity index (χ2v) is 9.03. The number of pyridine rings is 1. The SMILES string of the molecule is Cc1ccc(NC(=O)c2sc3nc4c(c(-c5cccs5)c3c2N)CCC4)cc1. The highest BCUT2D eigenvalue weighted by molar-refractivity contribution is 7.21. The zero-order valence-electron chi connectivity index (χ0n) is 15.4. The summed E-state index contributed by atoms with van der Waals surface area (Å²) in [5.41, 5.74) is 12.6. The van der Waals surface area contributed by atoms with Crippen molar-refractivity contribution in [2.75, 3.05) is 11.1 Å². The number of nitrogen functional groups attached to an aromatic ring is 1. The number of carbonyl (C=O) groups is 1. The molecule has 0 spiro atoms. The van der Waals surface area contributed by atoms with Gasteiger partial charge < -0.3 is 11.1 Å². The molecule has 0 saturated carbocycles. The summed E-state index contributed by atoms with van der Waals surface area (Å²) < 4.78 is 0. The Balaban J connectivity index is 1.64. The molecular formula is C22H19N3OS2. The first-order chi connectivity index (χ1) is 13.6. The number of fused-ring (bicyclic) bond motifs is 2. The Hall–Kier alpha value is -2.70. The topological polar surface area (TPSA) is 68.0 Å². The summed E-state index contributed by atoms with van der Waals surface area (Å²) >= 11 is 3.10. The van der Waals surface area contributed by atoms with Gasteiger partial charge in [-0.05, 0) is 55.3 Å². The maximum absolute atomic E-state index is 12.9. The third kappa shape index (κ3) is 2.80. The number of aryl methyl sites for hydroxylation is 2. The number of aromatic nitrogens is 1. The number of nitrogens with two attached hydrogens (primary N) is 1. The molecule has 6 heteroatoms. The number of rotatable bonds is 3. The molecule has 0 fully saturated rings. The summed E-state index contributed by atoms with van der Waals surface area (Å²) in [7, 11) is 0. The third-order valence-electron chi connectivity index (χ3n) is 5.19. The molecule has 1 aliphatic rings. The normalized spacial score (nSPS) is 13.0. The lowest BCUT2D eigenvalue weighted by molar-refractivity contribution is 0.103. The maximum atomic E-state index is 12.9. The zero-order chi connectivity index (χ0) is 19.3. The lowest BCUT2D eigenvalue weighted by atomic mass is 10.0. The summed E-state index contributed by atoms with van der Waals surface area (Å²) in [5, 5.41) is 5.98. The molecule has 1 amide bonds. The van der Waals surface area contributed by atoms with Gasteiger partial charge in [-0.1, -0.05) is 23.8 Å². The highest BCUT2D eigenvalue weighted by Gasteiger charge is 2.26. The summed E-state index contributed by atoms with van der Waals surface area (Å²) in [6.07, 6.45) is 3.14. The van der Waals surface area contributed by atoms with Gasteiger partial charge >= 0.3 is 0 Å². The Morgan fingerprint density at radius 2 is 2.00 bits per heavy atom. The van der Waals surface area contributed by atoms with Gasteiger partial charge in [0, 0.05) is 27.2 Å². The van der Waals surface area contributed by atoms with E-state index in [9.17, 15) is 4.79 Å². The molecule has 4 nitrogen and oxygen atoms in total. The van der Waals surface area contributed by atoms with E-state index in [0.29, 0.717) is 10.6 Å². The number of hydrogen-bond acceptors (Lipinski definition) is 5. The van der Waals surface area contributed by atoms with Crippen molar-refractivity contribution in [2.24, 2.45) is 0 Å². The van der Waals surface area contributed by atoms with Crippen molar-refractivity contribution in [3.05, 3.63) is 63.5 Å². The van der Waals surface area contributed by atoms with Crippen molar-refractivity contribution in [3.8, 4) is 10.4 Å². The Morgan fingerprint density at radius 3 is 2.75 bits per heavy atom. The first-order valence-electron chi connectivity index (χ1n) is 9.27. The average Bonchev–Trinajstić information content (AvgIpc) is 3.42. The quantitative estimate of drug-likeness (QED) is 0.462. The first kappa shape index (κ1) is 17.4. The Kier molecular flexibility index (Phi) is 4.18. The van der Waals surface area contributed by atoms with Crippen molar-refractivity contribution in [1.29, 1.82) is 0 Å². The van der Waals surface area contributed by atoms with Gasteiger partial charge in [-0.3, -0.25) is 4.79 Å². The molecule has 3 aromatic heterocycles. The maximum Gasteiger partial charge on any atom is 0.267 e. The summed E-state index contributed by atoms with van der Waals surface area (Å²) in [5.74, 6) is -0.179. The molecule has 0 aliphatic heterocycles. The van der Waals surface area contributed by atoms with Gasteiger partial charge in [0.05, 0.1) is 5.69 Å². The van der Waals surface area contributed by atoms with Crippen LogP contribution in [-0.2, 0) is 12.8 Å². The lowest BCUT2D eigenvalue weighted by Gasteiger charge is -2.09. The second-order valence-electron chi connectivity index (χ2n) is 7.09. The van der Waals surface area contributed by atoms with Crippen molar-refractivity contribution in [2.45, 2.75) is 26.2 Å². The minimum absolute atomic E-state index is 0.179. The van der Waals surface area contributed by atoms with Crippen LogP contribution in [0, 0.1) is 6.92 Å². The van der Waals surface area contributed by atoms with Crippen LogP contribution in [0.3, 0.4) is 0 Å². The van der Waals surface area contributed by atoms with E-state index in [4.69, 9.17) is 10.7 Å². The molecule has 1 aliphatic carbocycles. The van der Waals surface area contributed by atoms with Crippen LogP contribution in [-0.4, -0.2) is 10.9 Å². The van der Waals surface area contributed by atoms with Gasteiger partial charge in [0.1, 0.15) is 9.71 Å². The van der Waals surface area contributed by atoms with Crippen LogP contribution >= 0.6 is 22.7 Å². The van der Waals surface area contributed by atoms with Crippen molar-refractivity contribution >= 4 is 50.2 Å². The zero-order valence-corrected chi connectivity index (χ0v) is 17.0. The van der Waals surface area contributed by atoms with Crippen LogP contribution in [0.5, 0.6) is 0 Å². The fourth-order valence-corrected chi connectivity index (χ4v) is 5.65. The largest absolute Gasteiger partial charge is 0.397 e. The van der Waals surface area contributed by atoms with E-state index >= 15 is 0 Å². The summed E-state index contributed by atoms with van der Waals surface area (Å²) in [4.78, 5) is 20.4. The highest BCUT2D eigenvalue weighted by atomic mass is 32.1. The van der Waals surface area contributed by atoms with Crippen molar-refractivity contribution in [3.63, 3.8) is 0 Å². The van der Waals surface area contributed by atoms with Crippen LogP contribution in [0.1, 0.15) is 32.9 Å². The van der Waals surface area contributed by atoms with Gasteiger partial charge in [-0.2, -0.15) is 0 Å². The van der Waals surface area contributed by atoms with Crippen molar-refractivity contribution in [1.82, 2.24) is 4.98 Å². The Morgan fingerprint density at radius 1 is 1.18 bits per heavy atom. The summed E-state index contributed by atoms with van der Waals surface area (Å²) in [6.45, 7) is 2.02. The predicted octanol–water partition coefficient (Wildman–Crippen LogP) is 5.66. The number of amides is 1. The Labute approximate surface area is 171 Å². The van der Waals surface area contributed by atoms with Crippen LogP contribution in [0.15, 0.2) is 41.8 Å². The molecule has 0 unspecified atom stereocenters. The molecule has 0 atom stereocenters. The van der Waals surface area contributed by atoms with E-state index in [1.54, 1.807) is 11.3 Å². The second kappa shape index (κ2) is 6.72. The van der Waals surface area contributed by atoms with Crippen LogP contribution in [0.2, 0.25) is 0 Å². The highest BCUT2D eigenvalue weighted by Crippen LogP contribution is 2.45. The molecule has 1 aromatic carbocycles. The van der Waals surface area contributed by atoms with Gasteiger partial charge in [0.2, 0.25) is 0 Å². The van der Waals surface area contributed by atoms with Gasteiger partial charge in [0.25, 0.3) is 5.91 Å². The molecule has 0 radical (unpaired) electrons. The molecule has 140 valence electrons. The van der Waals surface area contributed by atoms with Crippen LogP contribution in [0.25, 0.3) is 20.7 Å². The monoisotopic (exact) mass is 405 g/mol. The number of thiophene rings is 2. The number of benzene rings is 1. The van der Waals surface area contributed by atoms with E-state index in [-0.39, 0.29) is 5.91 Å². The molecule has 0 bridgehead atoms. The average molecular weight is 406 g/mol. The number of hydrogen-bond donors (Lipinski definition) is 2. The number of nitrogens with one attached hydrogen (secondary N) is 1. The number of carbonyl (C=O) groups excluding carboxylic acids is 1. The van der Waals surface area contributed by atoms with E-state index in [1.165, 1.54) is 27.3 Å². The van der Waals surface area contributed by atoms with Crippen LogP contribution in [0.4, 0.5) is 11.4 Å². The number of anilines is 2. The Bertz CT molecular complexity index is 1190. The third-order valence-corrected chi connectivity index (χ3v) is 7.17. The van der Waals surface area contributed by atoms with E-state index in [2.05, 4.69) is 22.8 Å². The molecule has 0 saturated heterocycles. The molecule has 3 N–H and O–H groups in total. The molecule has 5 rings (SSSR count). The summed E-state index contributed by atoms with van der Waals surface area (Å²) in [6, 6.07) is 11.9. The smallest absolute Gasteiger partial charge is 0.267 e. The van der Waals surface area contributed by atoms with Crippen LogP contribution < -0.4 is 11.1 Å². The van der Waals surface area contributed by atoms with E-state index < -0.39 is 0 Å². The van der Waals surface area contributed by atoms with Gasteiger partial charge in [0.15, 0.2) is 0 Å². The minimum Gasteiger partial charge on any atom is -0.397 e. The molecule has 4 aromatic rings. The molecule has 3 heterocycles. The standard InChI is InChI=1S/C22H19N3OS2/c1-12-7-9-13(10-8-12)24-21(26)20-19(23)18-17(16-6-3-11-27-16)14-4-2-5-15(14)25-22(18)28-20/h3,6-11H,2,4-5,23H2,1H3,(H,24,26). The van der Waals surface area contributed by atoms with E-state index in [1.807, 2.05) is 31.2 Å². The fraction of sp³-hybridized carbons (Fsp3) is 0.182. The van der Waals surface area contributed by atoms with E-state index in [0.717, 1.165) is 46.4 Å². The minimum atomic E-state index is -0.179. The first-order valence-corrected chi connectivity index (χ1v) is 11.0.